The maximum Gasteiger partial charge on any atom is 0.315 e. The molecule has 5 heteroatoms. The second-order valence-electron chi connectivity index (χ2n) is 4.42. The number of hydrogen-bond donors (Lipinski definition) is 2. The van der Waals surface area contributed by atoms with E-state index in [0.29, 0.717) is 18.5 Å². The molecule has 0 aliphatic heterocycles. The zero-order valence-corrected chi connectivity index (χ0v) is 9.61. The van der Waals surface area contributed by atoms with Crippen LogP contribution >= 0.6 is 0 Å². The molecular weight excluding hydrogens is 204 g/mol. The molecule has 2 rings (SSSR count). The van der Waals surface area contributed by atoms with Crippen molar-refractivity contribution in [2.75, 3.05) is 11.9 Å². The highest BCUT2D eigenvalue weighted by Crippen LogP contribution is 2.28. The standard InChI is InChI=1S/C11H20N4O/c12-8-10-14-15-11(16-10)13-7-3-6-9-4-1-2-5-9/h9H,1-8,12H2,(H,13,15). The molecule has 1 aromatic heterocycles. The summed E-state index contributed by atoms with van der Waals surface area (Å²) in [5.74, 6) is 1.43. The van der Waals surface area contributed by atoms with Crippen molar-refractivity contribution in [3.8, 4) is 0 Å². The van der Waals surface area contributed by atoms with Gasteiger partial charge in [0, 0.05) is 6.54 Å². The van der Waals surface area contributed by atoms with Crippen molar-refractivity contribution < 1.29 is 4.42 Å². The lowest BCUT2D eigenvalue weighted by atomic mass is 10.0. The molecule has 1 aliphatic rings. The van der Waals surface area contributed by atoms with Gasteiger partial charge >= 0.3 is 6.01 Å². The molecule has 0 unspecified atom stereocenters. The van der Waals surface area contributed by atoms with Crippen LogP contribution < -0.4 is 11.1 Å². The smallest absolute Gasteiger partial charge is 0.315 e. The Morgan fingerprint density at radius 1 is 1.31 bits per heavy atom. The molecule has 0 radical (unpaired) electrons. The van der Waals surface area contributed by atoms with E-state index in [1.54, 1.807) is 0 Å². The van der Waals surface area contributed by atoms with Crippen molar-refractivity contribution in [3.63, 3.8) is 0 Å². The fourth-order valence-corrected chi connectivity index (χ4v) is 2.29. The number of nitrogens with zero attached hydrogens (tertiary/aromatic N) is 2. The van der Waals surface area contributed by atoms with E-state index in [1.807, 2.05) is 0 Å². The summed E-state index contributed by atoms with van der Waals surface area (Å²) in [6.45, 7) is 1.21. The summed E-state index contributed by atoms with van der Waals surface area (Å²) in [5, 5.41) is 10.8. The maximum absolute atomic E-state index is 5.38. The van der Waals surface area contributed by atoms with Crippen LogP contribution in [0.3, 0.4) is 0 Å². The number of aromatic nitrogens is 2. The molecule has 0 atom stereocenters. The van der Waals surface area contributed by atoms with Gasteiger partial charge in [-0.05, 0) is 18.8 Å². The van der Waals surface area contributed by atoms with Crippen LogP contribution in [0, 0.1) is 5.92 Å². The van der Waals surface area contributed by atoms with Crippen molar-refractivity contribution in [1.82, 2.24) is 10.2 Å². The molecule has 0 amide bonds. The van der Waals surface area contributed by atoms with E-state index < -0.39 is 0 Å². The molecule has 16 heavy (non-hydrogen) atoms. The monoisotopic (exact) mass is 224 g/mol. The first kappa shape index (κ1) is 11.4. The van der Waals surface area contributed by atoms with Crippen molar-refractivity contribution in [3.05, 3.63) is 5.89 Å². The summed E-state index contributed by atoms with van der Waals surface area (Å²) < 4.78 is 5.25. The summed E-state index contributed by atoms with van der Waals surface area (Å²) in [6, 6.07) is 0.492. The highest BCUT2D eigenvalue weighted by atomic mass is 16.4. The number of nitrogens with two attached hydrogens (primary N) is 1. The van der Waals surface area contributed by atoms with Crippen molar-refractivity contribution in [1.29, 1.82) is 0 Å². The fraction of sp³-hybridized carbons (Fsp3) is 0.818. The molecule has 90 valence electrons. The summed E-state index contributed by atoms with van der Waals surface area (Å²) >= 11 is 0. The average molecular weight is 224 g/mol. The zero-order valence-electron chi connectivity index (χ0n) is 9.61. The molecule has 1 saturated carbocycles. The van der Waals surface area contributed by atoms with E-state index in [9.17, 15) is 0 Å². The van der Waals surface area contributed by atoms with Gasteiger partial charge in [0.2, 0.25) is 5.89 Å². The van der Waals surface area contributed by atoms with Crippen LogP contribution in [0.1, 0.15) is 44.4 Å². The Morgan fingerprint density at radius 2 is 2.12 bits per heavy atom. The lowest BCUT2D eigenvalue weighted by molar-refractivity contribution is 0.482. The zero-order chi connectivity index (χ0) is 11.2. The molecule has 1 aliphatic carbocycles. The minimum atomic E-state index is 0.302. The van der Waals surface area contributed by atoms with Crippen molar-refractivity contribution in [2.45, 2.75) is 45.1 Å². The van der Waals surface area contributed by atoms with E-state index in [-0.39, 0.29) is 0 Å². The summed E-state index contributed by atoms with van der Waals surface area (Å²) in [4.78, 5) is 0. The van der Waals surface area contributed by atoms with Gasteiger partial charge in [-0.2, -0.15) is 0 Å². The summed E-state index contributed by atoms with van der Waals surface area (Å²) in [7, 11) is 0. The number of hydrogen-bond acceptors (Lipinski definition) is 5. The molecule has 5 nitrogen and oxygen atoms in total. The van der Waals surface area contributed by atoms with Crippen LogP contribution in [0.25, 0.3) is 0 Å². The molecule has 3 N–H and O–H groups in total. The van der Waals surface area contributed by atoms with Gasteiger partial charge in [-0.1, -0.05) is 30.8 Å². The van der Waals surface area contributed by atoms with Gasteiger partial charge in [0.1, 0.15) is 0 Å². The molecule has 0 saturated heterocycles. The molecular formula is C11H20N4O. The van der Waals surface area contributed by atoms with Gasteiger partial charge in [-0.15, -0.1) is 5.10 Å². The SMILES string of the molecule is NCc1nnc(NCCCC2CCCC2)o1. The van der Waals surface area contributed by atoms with Gasteiger partial charge in [0.25, 0.3) is 0 Å². The average Bonchev–Trinajstić information content (AvgIpc) is 2.95. The lowest BCUT2D eigenvalue weighted by Crippen LogP contribution is -2.04. The second-order valence-corrected chi connectivity index (χ2v) is 4.42. The van der Waals surface area contributed by atoms with Crippen LogP contribution in [0.5, 0.6) is 0 Å². The van der Waals surface area contributed by atoms with E-state index in [1.165, 1.54) is 38.5 Å². The van der Waals surface area contributed by atoms with Gasteiger partial charge in [-0.25, -0.2) is 0 Å². The highest BCUT2D eigenvalue weighted by Gasteiger charge is 2.14. The number of anilines is 1. The molecule has 1 aromatic rings. The quantitative estimate of drug-likeness (QED) is 0.722. The van der Waals surface area contributed by atoms with Gasteiger partial charge < -0.3 is 15.5 Å². The summed E-state index contributed by atoms with van der Waals surface area (Å²) in [5.41, 5.74) is 5.38. The van der Waals surface area contributed by atoms with Crippen LogP contribution in [0.15, 0.2) is 4.42 Å². The molecule has 0 spiro atoms. The number of nitrogens with one attached hydrogen (secondary N) is 1. The fourth-order valence-electron chi connectivity index (χ4n) is 2.29. The molecule has 1 heterocycles. The van der Waals surface area contributed by atoms with Gasteiger partial charge in [0.05, 0.1) is 6.54 Å². The highest BCUT2D eigenvalue weighted by molar-refractivity contribution is 5.16. The van der Waals surface area contributed by atoms with Gasteiger partial charge in [-0.3, -0.25) is 0 Å². The molecule has 0 aromatic carbocycles. The molecule has 1 fully saturated rings. The van der Waals surface area contributed by atoms with E-state index in [2.05, 4.69) is 15.5 Å². The van der Waals surface area contributed by atoms with E-state index in [0.717, 1.165) is 12.5 Å². The predicted octanol–water partition coefficient (Wildman–Crippen LogP) is 1.91. The van der Waals surface area contributed by atoms with Crippen LogP contribution in [0.4, 0.5) is 6.01 Å². The Hall–Kier alpha value is -1.10. The Morgan fingerprint density at radius 3 is 2.81 bits per heavy atom. The summed E-state index contributed by atoms with van der Waals surface area (Å²) in [6.07, 6.45) is 8.15. The number of rotatable bonds is 6. The Labute approximate surface area is 95.8 Å². The third kappa shape index (κ3) is 3.20. The second kappa shape index (κ2) is 5.84. The topological polar surface area (TPSA) is 77.0 Å². The van der Waals surface area contributed by atoms with Crippen LogP contribution in [-0.4, -0.2) is 16.7 Å². The van der Waals surface area contributed by atoms with E-state index in [4.69, 9.17) is 10.2 Å². The third-order valence-electron chi connectivity index (χ3n) is 3.18. The third-order valence-corrected chi connectivity index (χ3v) is 3.18. The Bertz CT molecular complexity index is 307. The van der Waals surface area contributed by atoms with Crippen molar-refractivity contribution in [2.24, 2.45) is 11.7 Å². The Kier molecular flexibility index (Phi) is 4.16. The van der Waals surface area contributed by atoms with Crippen LogP contribution in [0.2, 0.25) is 0 Å². The largest absolute Gasteiger partial charge is 0.407 e. The first-order valence-corrected chi connectivity index (χ1v) is 6.15. The predicted molar refractivity (Wildman–Crippen MR) is 61.9 cm³/mol. The van der Waals surface area contributed by atoms with Gasteiger partial charge in [0.15, 0.2) is 0 Å². The molecule has 0 bridgehead atoms. The maximum atomic E-state index is 5.38. The first-order valence-electron chi connectivity index (χ1n) is 6.15. The van der Waals surface area contributed by atoms with E-state index >= 15 is 0 Å². The first-order chi connectivity index (χ1) is 7.88. The normalized spacial score (nSPS) is 16.8. The minimum absolute atomic E-state index is 0.302. The van der Waals surface area contributed by atoms with Crippen LogP contribution in [-0.2, 0) is 6.54 Å². The minimum Gasteiger partial charge on any atom is -0.407 e. The van der Waals surface area contributed by atoms with Crippen molar-refractivity contribution >= 4 is 6.01 Å². The Balaban J connectivity index is 1.60. The lowest BCUT2D eigenvalue weighted by Gasteiger charge is -2.07.